The molecule has 29 heavy (non-hydrogen) atoms. The summed E-state index contributed by atoms with van der Waals surface area (Å²) in [5.74, 6) is 0.0918. The van der Waals surface area contributed by atoms with Crippen molar-refractivity contribution in [3.8, 4) is 0 Å². The van der Waals surface area contributed by atoms with Crippen LogP contribution in [0.5, 0.6) is 0 Å². The van der Waals surface area contributed by atoms with Gasteiger partial charge < -0.3 is 19.7 Å². The van der Waals surface area contributed by atoms with Crippen LogP contribution in [0.3, 0.4) is 0 Å². The molecule has 0 spiro atoms. The lowest BCUT2D eigenvalue weighted by molar-refractivity contribution is 0.0269. The molecule has 6 nitrogen and oxygen atoms in total. The number of nitrogens with one attached hydrogen (secondary N) is 1. The highest BCUT2D eigenvalue weighted by atomic mass is 16.6. The van der Waals surface area contributed by atoms with E-state index in [2.05, 4.69) is 5.32 Å². The molecule has 1 fully saturated rings. The van der Waals surface area contributed by atoms with E-state index in [1.165, 1.54) is 0 Å². The van der Waals surface area contributed by atoms with Crippen LogP contribution in [0.15, 0.2) is 60.7 Å². The highest BCUT2D eigenvalue weighted by molar-refractivity contribution is 5.70. The maximum atomic E-state index is 12.3. The molecule has 0 aromatic heterocycles. The van der Waals surface area contributed by atoms with Gasteiger partial charge in [0, 0.05) is 19.0 Å². The standard InChI is InChI=1S/C23H28N2O4/c1-23(2,3)29-21(26)24-20(18-12-8-5-9-13-18)19-14-25(15-19)22(27)28-16-17-10-6-4-7-11-17/h4-13,19-20H,14-16H2,1-3H3,(H,24,26)/t20-/m1/s1. The van der Waals surface area contributed by atoms with Gasteiger partial charge in [-0.1, -0.05) is 60.7 Å². The fraction of sp³-hybridized carbons (Fsp3) is 0.391. The molecule has 1 N–H and O–H groups in total. The Hall–Kier alpha value is -3.02. The number of alkyl carbamates (subject to hydrolysis) is 1. The van der Waals surface area contributed by atoms with Crippen LogP contribution < -0.4 is 5.32 Å². The molecule has 0 unspecified atom stereocenters. The van der Waals surface area contributed by atoms with E-state index in [0.717, 1.165) is 11.1 Å². The molecule has 0 radical (unpaired) electrons. The van der Waals surface area contributed by atoms with Crippen LogP contribution in [0.4, 0.5) is 9.59 Å². The summed E-state index contributed by atoms with van der Waals surface area (Å²) in [7, 11) is 0. The van der Waals surface area contributed by atoms with Gasteiger partial charge in [0.25, 0.3) is 0 Å². The first kappa shape index (κ1) is 20.7. The Kier molecular flexibility index (Phi) is 6.42. The third kappa shape index (κ3) is 5.98. The highest BCUT2D eigenvalue weighted by Gasteiger charge is 2.39. The molecule has 1 heterocycles. The fourth-order valence-electron chi connectivity index (χ4n) is 3.25. The van der Waals surface area contributed by atoms with Crippen LogP contribution in [0, 0.1) is 5.92 Å². The molecule has 1 aliphatic rings. The number of hydrogen-bond donors (Lipinski definition) is 1. The summed E-state index contributed by atoms with van der Waals surface area (Å²) >= 11 is 0. The Labute approximate surface area is 171 Å². The van der Waals surface area contributed by atoms with Gasteiger partial charge in [-0.25, -0.2) is 9.59 Å². The Morgan fingerprint density at radius 3 is 2.21 bits per heavy atom. The van der Waals surface area contributed by atoms with Crippen molar-refractivity contribution in [3.05, 3.63) is 71.8 Å². The first-order valence-corrected chi connectivity index (χ1v) is 9.82. The number of hydrogen-bond acceptors (Lipinski definition) is 4. The van der Waals surface area contributed by atoms with E-state index in [9.17, 15) is 9.59 Å². The van der Waals surface area contributed by atoms with Crippen molar-refractivity contribution in [2.24, 2.45) is 5.92 Å². The Bertz CT molecular complexity index is 812. The van der Waals surface area contributed by atoms with Gasteiger partial charge in [0.2, 0.25) is 0 Å². The van der Waals surface area contributed by atoms with Crippen molar-refractivity contribution in [2.75, 3.05) is 13.1 Å². The normalized spacial score (nSPS) is 15.2. The SMILES string of the molecule is CC(C)(C)OC(=O)N[C@H](c1ccccc1)C1CN(C(=O)OCc2ccccc2)C1. The van der Waals surface area contributed by atoms with Crippen molar-refractivity contribution >= 4 is 12.2 Å². The summed E-state index contributed by atoms with van der Waals surface area (Å²) in [4.78, 5) is 26.3. The highest BCUT2D eigenvalue weighted by Crippen LogP contribution is 2.31. The van der Waals surface area contributed by atoms with Gasteiger partial charge in [-0.2, -0.15) is 0 Å². The van der Waals surface area contributed by atoms with Gasteiger partial charge in [-0.05, 0) is 31.9 Å². The fourth-order valence-corrected chi connectivity index (χ4v) is 3.25. The van der Waals surface area contributed by atoms with Crippen LogP contribution in [0.25, 0.3) is 0 Å². The molecular weight excluding hydrogens is 368 g/mol. The van der Waals surface area contributed by atoms with E-state index in [1.807, 2.05) is 81.4 Å². The smallest absolute Gasteiger partial charge is 0.410 e. The van der Waals surface area contributed by atoms with E-state index < -0.39 is 11.7 Å². The average Bonchev–Trinajstić information content (AvgIpc) is 2.64. The second-order valence-electron chi connectivity index (χ2n) is 8.24. The molecule has 0 saturated carbocycles. The second-order valence-corrected chi connectivity index (χ2v) is 8.24. The molecule has 0 bridgehead atoms. The number of nitrogens with zero attached hydrogens (tertiary/aromatic N) is 1. The second kappa shape index (κ2) is 8.99. The molecule has 2 aromatic rings. The quantitative estimate of drug-likeness (QED) is 0.807. The largest absolute Gasteiger partial charge is 0.445 e. The maximum Gasteiger partial charge on any atom is 0.410 e. The van der Waals surface area contributed by atoms with Crippen molar-refractivity contribution in [2.45, 2.75) is 39.0 Å². The van der Waals surface area contributed by atoms with Crippen molar-refractivity contribution in [1.82, 2.24) is 10.2 Å². The minimum atomic E-state index is -0.571. The van der Waals surface area contributed by atoms with E-state index in [1.54, 1.807) is 4.90 Å². The lowest BCUT2D eigenvalue weighted by Gasteiger charge is -2.42. The minimum absolute atomic E-state index is 0.0918. The molecule has 0 aliphatic carbocycles. The molecule has 2 aromatic carbocycles. The Morgan fingerprint density at radius 2 is 1.62 bits per heavy atom. The summed E-state index contributed by atoms with van der Waals surface area (Å²) < 4.78 is 10.8. The van der Waals surface area contributed by atoms with Crippen LogP contribution in [0.2, 0.25) is 0 Å². The lowest BCUT2D eigenvalue weighted by Crippen LogP contribution is -2.55. The zero-order chi connectivity index (χ0) is 20.9. The number of likely N-dealkylation sites (tertiary alicyclic amines) is 1. The first-order valence-electron chi connectivity index (χ1n) is 9.82. The zero-order valence-electron chi connectivity index (χ0n) is 17.1. The van der Waals surface area contributed by atoms with Gasteiger partial charge in [0.1, 0.15) is 12.2 Å². The minimum Gasteiger partial charge on any atom is -0.445 e. The molecular formula is C23H28N2O4. The van der Waals surface area contributed by atoms with E-state index in [-0.39, 0.29) is 24.7 Å². The summed E-state index contributed by atoms with van der Waals surface area (Å²) in [6, 6.07) is 19.1. The van der Waals surface area contributed by atoms with Crippen LogP contribution >= 0.6 is 0 Å². The van der Waals surface area contributed by atoms with Crippen LogP contribution in [-0.4, -0.2) is 35.8 Å². The van der Waals surface area contributed by atoms with Gasteiger partial charge >= 0.3 is 12.2 Å². The number of ether oxygens (including phenoxy) is 2. The van der Waals surface area contributed by atoms with Gasteiger partial charge in [-0.15, -0.1) is 0 Å². The third-order valence-corrected chi connectivity index (χ3v) is 4.68. The van der Waals surface area contributed by atoms with Crippen LogP contribution in [0.1, 0.15) is 37.9 Å². The molecule has 2 amide bonds. The number of rotatable bonds is 5. The zero-order valence-corrected chi connectivity index (χ0v) is 17.1. The first-order chi connectivity index (χ1) is 13.8. The summed E-state index contributed by atoms with van der Waals surface area (Å²) in [5.41, 5.74) is 1.37. The average molecular weight is 396 g/mol. The van der Waals surface area contributed by atoms with Gasteiger partial charge in [-0.3, -0.25) is 0 Å². The van der Waals surface area contributed by atoms with Crippen molar-refractivity contribution < 1.29 is 19.1 Å². The summed E-state index contributed by atoms with van der Waals surface area (Å²) in [5, 5.41) is 2.97. The molecule has 6 heteroatoms. The van der Waals surface area contributed by atoms with E-state index in [0.29, 0.717) is 13.1 Å². The predicted octanol–water partition coefficient (Wildman–Crippen LogP) is 4.52. The predicted molar refractivity (Wildman–Crippen MR) is 110 cm³/mol. The number of amides is 2. The van der Waals surface area contributed by atoms with E-state index >= 15 is 0 Å². The van der Waals surface area contributed by atoms with Gasteiger partial charge in [0.15, 0.2) is 0 Å². The topological polar surface area (TPSA) is 67.9 Å². The summed E-state index contributed by atoms with van der Waals surface area (Å²) in [6.07, 6.45) is -0.800. The Balaban J connectivity index is 1.57. The molecule has 154 valence electrons. The molecule has 1 atom stereocenters. The molecule has 1 saturated heterocycles. The van der Waals surface area contributed by atoms with Crippen LogP contribution in [-0.2, 0) is 16.1 Å². The lowest BCUT2D eigenvalue weighted by atomic mass is 9.87. The third-order valence-electron chi connectivity index (χ3n) is 4.68. The molecule has 3 rings (SSSR count). The monoisotopic (exact) mass is 396 g/mol. The maximum absolute atomic E-state index is 12.3. The Morgan fingerprint density at radius 1 is 1.03 bits per heavy atom. The summed E-state index contributed by atoms with van der Waals surface area (Å²) in [6.45, 7) is 6.78. The number of carbonyl (C=O) groups is 2. The number of benzene rings is 2. The molecule has 1 aliphatic heterocycles. The number of carbonyl (C=O) groups excluding carboxylic acids is 2. The van der Waals surface area contributed by atoms with E-state index in [4.69, 9.17) is 9.47 Å². The van der Waals surface area contributed by atoms with Gasteiger partial charge in [0.05, 0.1) is 6.04 Å². The van der Waals surface area contributed by atoms with Crippen molar-refractivity contribution in [1.29, 1.82) is 0 Å². The van der Waals surface area contributed by atoms with Crippen molar-refractivity contribution in [3.63, 3.8) is 0 Å².